The van der Waals surface area contributed by atoms with E-state index in [1.54, 1.807) is 0 Å². The fraction of sp³-hybridized carbons (Fsp3) is 0.214. The zero-order chi connectivity index (χ0) is 22.8. The van der Waals surface area contributed by atoms with Crippen LogP contribution >= 0.6 is 11.6 Å². The molecule has 1 aromatic heterocycles. The smallest absolute Gasteiger partial charge is 0.344 e. The highest BCUT2D eigenvalue weighted by Gasteiger charge is 2.20. The van der Waals surface area contributed by atoms with Crippen LogP contribution in [0.3, 0.4) is 0 Å². The third-order valence-corrected chi connectivity index (χ3v) is 6.13. The maximum Gasteiger partial charge on any atom is 0.344 e. The molecule has 0 radical (unpaired) electrons. The van der Waals surface area contributed by atoms with E-state index in [0.29, 0.717) is 27.9 Å². The summed E-state index contributed by atoms with van der Waals surface area (Å²) in [6.45, 7) is 8.30. The first kappa shape index (κ1) is 22.0. The number of benzene rings is 3. The number of carbonyl (C=O) groups excluding carboxylic acids is 1. The quantitative estimate of drug-likeness (QED) is 0.232. The number of ether oxygens (including phenoxy) is 1. The summed E-state index contributed by atoms with van der Waals surface area (Å²) >= 11 is 6.07. The number of aromatic nitrogens is 1. The number of hydrogen-bond acceptors (Lipinski definition) is 3. The van der Waals surface area contributed by atoms with Gasteiger partial charge in [0.1, 0.15) is 5.75 Å². The van der Waals surface area contributed by atoms with Crippen LogP contribution in [0.15, 0.2) is 66.7 Å². The summed E-state index contributed by atoms with van der Waals surface area (Å²) in [5.41, 5.74) is 6.03. The van der Waals surface area contributed by atoms with Crippen molar-refractivity contribution in [2.45, 2.75) is 40.0 Å². The third kappa shape index (κ3) is 4.39. The molecule has 1 atom stereocenters. The predicted octanol–water partition coefficient (Wildman–Crippen LogP) is 7.90. The van der Waals surface area contributed by atoms with Crippen molar-refractivity contribution in [2.24, 2.45) is 0 Å². The van der Waals surface area contributed by atoms with Crippen LogP contribution < -0.4 is 4.74 Å². The number of carbonyl (C=O) groups is 1. The van der Waals surface area contributed by atoms with Crippen LogP contribution in [0.5, 0.6) is 5.75 Å². The molecule has 0 aliphatic rings. The van der Waals surface area contributed by atoms with E-state index < -0.39 is 0 Å². The van der Waals surface area contributed by atoms with Gasteiger partial charge in [-0.15, -0.1) is 0 Å². The Bertz CT molecular complexity index is 1300. The van der Waals surface area contributed by atoms with Crippen LogP contribution in [0, 0.1) is 13.8 Å². The van der Waals surface area contributed by atoms with Gasteiger partial charge in [0.2, 0.25) is 0 Å². The van der Waals surface area contributed by atoms with Gasteiger partial charge in [-0.3, -0.25) is 0 Å². The molecule has 0 spiro atoms. The fourth-order valence-corrected chi connectivity index (χ4v) is 4.10. The van der Waals surface area contributed by atoms with E-state index in [1.165, 1.54) is 0 Å². The largest absolute Gasteiger partial charge is 0.423 e. The molecular formula is C28H26ClNO2. The molecule has 4 aromatic rings. The zero-order valence-electron chi connectivity index (χ0n) is 18.8. The standard InChI is InChI=1S/C28H26ClNO2/c1-5-18(3)22-8-6-7-9-26(22)32-28(31)24-16-25(20-10-12-21(29)13-11-20)30-27-19(4)14-17(2)15-23(24)27/h6-16,18H,5H2,1-4H3. The second-order valence-electron chi connectivity index (χ2n) is 8.28. The van der Waals surface area contributed by atoms with E-state index >= 15 is 0 Å². The number of pyridine rings is 1. The van der Waals surface area contributed by atoms with Gasteiger partial charge in [0.25, 0.3) is 0 Å². The van der Waals surface area contributed by atoms with Crippen molar-refractivity contribution in [1.29, 1.82) is 0 Å². The van der Waals surface area contributed by atoms with E-state index in [1.807, 2.05) is 74.5 Å². The Hall–Kier alpha value is -3.17. The van der Waals surface area contributed by atoms with Crippen LogP contribution in [0.2, 0.25) is 5.02 Å². The highest BCUT2D eigenvalue weighted by Crippen LogP contribution is 2.32. The van der Waals surface area contributed by atoms with E-state index in [4.69, 9.17) is 21.3 Å². The minimum atomic E-state index is -0.381. The lowest BCUT2D eigenvalue weighted by atomic mass is 9.97. The first-order chi connectivity index (χ1) is 15.4. The molecule has 4 heteroatoms. The number of fused-ring (bicyclic) bond motifs is 1. The summed E-state index contributed by atoms with van der Waals surface area (Å²) < 4.78 is 5.96. The van der Waals surface area contributed by atoms with Gasteiger partial charge in [-0.1, -0.05) is 67.4 Å². The Morgan fingerprint density at radius 3 is 2.47 bits per heavy atom. The first-order valence-corrected chi connectivity index (χ1v) is 11.2. The van der Waals surface area contributed by atoms with Crippen molar-refractivity contribution in [3.8, 4) is 17.0 Å². The zero-order valence-corrected chi connectivity index (χ0v) is 19.5. The van der Waals surface area contributed by atoms with E-state index in [2.05, 4.69) is 19.9 Å². The van der Waals surface area contributed by atoms with Gasteiger partial charge in [-0.25, -0.2) is 9.78 Å². The van der Waals surface area contributed by atoms with Crippen LogP contribution in [0.1, 0.15) is 53.2 Å². The molecule has 3 nitrogen and oxygen atoms in total. The van der Waals surface area contributed by atoms with Crippen LogP contribution in [-0.2, 0) is 0 Å². The minimum Gasteiger partial charge on any atom is -0.423 e. The Morgan fingerprint density at radius 2 is 1.75 bits per heavy atom. The highest BCUT2D eigenvalue weighted by molar-refractivity contribution is 6.30. The summed E-state index contributed by atoms with van der Waals surface area (Å²) in [7, 11) is 0. The monoisotopic (exact) mass is 443 g/mol. The van der Waals surface area contributed by atoms with Gasteiger partial charge < -0.3 is 4.74 Å². The number of hydrogen-bond donors (Lipinski definition) is 0. The first-order valence-electron chi connectivity index (χ1n) is 10.9. The molecular weight excluding hydrogens is 418 g/mol. The molecule has 0 aliphatic heterocycles. The molecule has 4 rings (SSSR count). The second kappa shape index (κ2) is 9.13. The lowest BCUT2D eigenvalue weighted by Gasteiger charge is -2.16. The third-order valence-electron chi connectivity index (χ3n) is 5.87. The number of esters is 1. The maximum absolute atomic E-state index is 13.5. The lowest BCUT2D eigenvalue weighted by Crippen LogP contribution is -2.12. The molecule has 162 valence electrons. The van der Waals surface area contributed by atoms with Gasteiger partial charge in [-0.2, -0.15) is 0 Å². The summed E-state index contributed by atoms with van der Waals surface area (Å²) in [6.07, 6.45) is 0.964. The number of para-hydroxylation sites is 1. The average Bonchev–Trinajstić information content (AvgIpc) is 2.79. The Kier molecular flexibility index (Phi) is 6.29. The Labute approximate surface area is 194 Å². The predicted molar refractivity (Wildman–Crippen MR) is 132 cm³/mol. The summed E-state index contributed by atoms with van der Waals surface area (Å²) in [6, 6.07) is 21.1. The van der Waals surface area contributed by atoms with Gasteiger partial charge >= 0.3 is 5.97 Å². The van der Waals surface area contributed by atoms with Crippen molar-refractivity contribution in [1.82, 2.24) is 4.98 Å². The molecule has 1 heterocycles. The molecule has 0 saturated carbocycles. The maximum atomic E-state index is 13.5. The normalized spacial score (nSPS) is 12.0. The minimum absolute atomic E-state index is 0.294. The van der Waals surface area contributed by atoms with Crippen molar-refractivity contribution in [3.05, 3.63) is 94.0 Å². The SMILES string of the molecule is CCC(C)c1ccccc1OC(=O)c1cc(-c2ccc(Cl)cc2)nc2c(C)cc(C)cc12. The molecule has 0 fully saturated rings. The van der Waals surface area contributed by atoms with Gasteiger partial charge in [0, 0.05) is 16.0 Å². The van der Waals surface area contributed by atoms with Gasteiger partial charge in [0.05, 0.1) is 16.8 Å². The highest BCUT2D eigenvalue weighted by atomic mass is 35.5. The number of nitrogens with zero attached hydrogens (tertiary/aromatic N) is 1. The Morgan fingerprint density at radius 1 is 1.03 bits per heavy atom. The van der Waals surface area contributed by atoms with E-state index in [-0.39, 0.29) is 5.97 Å². The fourth-order valence-electron chi connectivity index (χ4n) is 3.97. The lowest BCUT2D eigenvalue weighted by molar-refractivity contribution is 0.0734. The van der Waals surface area contributed by atoms with Crippen molar-refractivity contribution >= 4 is 28.5 Å². The summed E-state index contributed by atoms with van der Waals surface area (Å²) in [4.78, 5) is 18.4. The number of halogens is 1. The van der Waals surface area contributed by atoms with Crippen LogP contribution in [0.25, 0.3) is 22.2 Å². The van der Waals surface area contributed by atoms with Crippen LogP contribution in [0.4, 0.5) is 0 Å². The van der Waals surface area contributed by atoms with Crippen molar-refractivity contribution < 1.29 is 9.53 Å². The van der Waals surface area contributed by atoms with Gasteiger partial charge in [-0.05, 0) is 67.6 Å². The second-order valence-corrected chi connectivity index (χ2v) is 8.71. The summed E-state index contributed by atoms with van der Waals surface area (Å²) in [5, 5.41) is 1.45. The molecule has 0 saturated heterocycles. The molecule has 0 N–H and O–H groups in total. The topological polar surface area (TPSA) is 39.2 Å². The average molecular weight is 444 g/mol. The van der Waals surface area contributed by atoms with Crippen molar-refractivity contribution in [3.63, 3.8) is 0 Å². The van der Waals surface area contributed by atoms with Crippen LogP contribution in [-0.4, -0.2) is 11.0 Å². The molecule has 0 bridgehead atoms. The van der Waals surface area contributed by atoms with E-state index in [0.717, 1.165) is 39.6 Å². The molecule has 1 unspecified atom stereocenters. The molecule has 3 aromatic carbocycles. The number of rotatable bonds is 5. The van der Waals surface area contributed by atoms with Gasteiger partial charge in [0.15, 0.2) is 0 Å². The summed E-state index contributed by atoms with van der Waals surface area (Å²) in [5.74, 6) is 0.518. The van der Waals surface area contributed by atoms with Crippen molar-refractivity contribution in [2.75, 3.05) is 0 Å². The van der Waals surface area contributed by atoms with E-state index in [9.17, 15) is 4.79 Å². The molecule has 0 aliphatic carbocycles. The number of aryl methyl sites for hydroxylation is 2. The molecule has 0 amide bonds. The molecule has 32 heavy (non-hydrogen) atoms. The Balaban J connectivity index is 1.86.